The topological polar surface area (TPSA) is 116 Å². The molecule has 194 valence electrons. The van der Waals surface area contributed by atoms with Gasteiger partial charge in [-0.15, -0.1) is 0 Å². The lowest BCUT2D eigenvalue weighted by molar-refractivity contribution is 0.320. The largest absolute Gasteiger partial charge is 0.495 e. The maximum absolute atomic E-state index is 9.80. The minimum absolute atomic E-state index is 0.0180. The van der Waals surface area contributed by atoms with Crippen molar-refractivity contribution in [1.29, 1.82) is 5.41 Å². The SMILES string of the molecule is COc1cc(OC)c(Cl)c(-c2ccc(C(=N)/C(=N/O)c3ccc(N4CCN[C@@H](C)C4)cc3)c(N)c2)c1Cl. The zero-order valence-electron chi connectivity index (χ0n) is 20.8. The molecule has 1 aliphatic rings. The van der Waals surface area contributed by atoms with Crippen LogP contribution in [-0.4, -0.2) is 56.5 Å². The molecule has 0 spiro atoms. The van der Waals surface area contributed by atoms with E-state index in [0.29, 0.717) is 55.5 Å². The van der Waals surface area contributed by atoms with Crippen LogP contribution in [0.3, 0.4) is 0 Å². The molecule has 0 saturated carbocycles. The maximum Gasteiger partial charge on any atom is 0.141 e. The number of benzene rings is 3. The van der Waals surface area contributed by atoms with Crippen LogP contribution in [-0.2, 0) is 0 Å². The number of methoxy groups -OCH3 is 2. The van der Waals surface area contributed by atoms with E-state index in [0.717, 1.165) is 25.3 Å². The van der Waals surface area contributed by atoms with Gasteiger partial charge in [0.15, 0.2) is 0 Å². The highest BCUT2D eigenvalue weighted by Crippen LogP contribution is 2.46. The van der Waals surface area contributed by atoms with Crippen LogP contribution in [0.25, 0.3) is 11.1 Å². The van der Waals surface area contributed by atoms with Crippen LogP contribution in [0.5, 0.6) is 11.5 Å². The first-order valence-electron chi connectivity index (χ1n) is 11.7. The molecule has 0 bridgehead atoms. The summed E-state index contributed by atoms with van der Waals surface area (Å²) >= 11 is 13.1. The first-order valence-corrected chi connectivity index (χ1v) is 12.4. The molecule has 3 aromatic carbocycles. The normalized spacial score (nSPS) is 16.0. The van der Waals surface area contributed by atoms with E-state index < -0.39 is 0 Å². The number of halogens is 2. The number of ether oxygens (including phenoxy) is 2. The summed E-state index contributed by atoms with van der Waals surface area (Å²) in [4.78, 5) is 2.30. The summed E-state index contributed by atoms with van der Waals surface area (Å²) in [5, 5.41) is 26.0. The molecule has 0 unspecified atom stereocenters. The molecule has 0 amide bonds. The average Bonchev–Trinajstić information content (AvgIpc) is 2.90. The van der Waals surface area contributed by atoms with Crippen molar-refractivity contribution in [2.24, 2.45) is 5.16 Å². The van der Waals surface area contributed by atoms with Gasteiger partial charge in [-0.3, -0.25) is 5.41 Å². The van der Waals surface area contributed by atoms with Gasteiger partial charge < -0.3 is 30.6 Å². The van der Waals surface area contributed by atoms with Gasteiger partial charge in [-0.1, -0.05) is 52.6 Å². The zero-order chi connectivity index (χ0) is 26.7. The number of rotatable bonds is 7. The Bertz CT molecular complexity index is 1320. The van der Waals surface area contributed by atoms with Crippen LogP contribution >= 0.6 is 23.2 Å². The molecule has 3 aromatic rings. The molecule has 1 atom stereocenters. The second kappa shape index (κ2) is 11.3. The van der Waals surface area contributed by atoms with E-state index in [9.17, 15) is 5.21 Å². The first-order chi connectivity index (χ1) is 17.8. The highest BCUT2D eigenvalue weighted by Gasteiger charge is 2.22. The van der Waals surface area contributed by atoms with E-state index in [-0.39, 0.29) is 11.4 Å². The highest BCUT2D eigenvalue weighted by molar-refractivity contribution is 6.53. The number of nitrogens with two attached hydrogens (primary N) is 1. The lowest BCUT2D eigenvalue weighted by atomic mass is 9.95. The molecule has 37 heavy (non-hydrogen) atoms. The molecule has 10 heteroatoms. The molecule has 0 aliphatic carbocycles. The summed E-state index contributed by atoms with van der Waals surface area (Å²) in [6, 6.07) is 14.7. The summed E-state index contributed by atoms with van der Waals surface area (Å²) in [6.45, 7) is 4.90. The minimum atomic E-state index is -0.0180. The predicted octanol–water partition coefficient (Wildman–Crippen LogP) is 5.30. The van der Waals surface area contributed by atoms with Gasteiger partial charge in [0.25, 0.3) is 0 Å². The predicted molar refractivity (Wildman–Crippen MR) is 151 cm³/mol. The average molecular weight is 542 g/mol. The van der Waals surface area contributed by atoms with E-state index in [1.165, 1.54) is 14.2 Å². The van der Waals surface area contributed by atoms with Gasteiger partial charge in [0, 0.05) is 59.8 Å². The molecular weight excluding hydrogens is 513 g/mol. The van der Waals surface area contributed by atoms with E-state index in [2.05, 4.69) is 22.3 Å². The zero-order valence-corrected chi connectivity index (χ0v) is 22.3. The molecule has 1 fully saturated rings. The maximum atomic E-state index is 9.80. The monoisotopic (exact) mass is 541 g/mol. The number of hydrogen-bond donors (Lipinski definition) is 4. The molecule has 0 radical (unpaired) electrons. The molecule has 8 nitrogen and oxygen atoms in total. The second-order valence-corrected chi connectivity index (χ2v) is 9.51. The van der Waals surface area contributed by atoms with Gasteiger partial charge in [-0.25, -0.2) is 0 Å². The Kier molecular flexibility index (Phi) is 8.12. The van der Waals surface area contributed by atoms with Gasteiger partial charge in [-0.2, -0.15) is 0 Å². The third-order valence-corrected chi connectivity index (χ3v) is 7.15. The van der Waals surface area contributed by atoms with Crippen molar-refractivity contribution in [3.63, 3.8) is 0 Å². The van der Waals surface area contributed by atoms with E-state index in [1.807, 2.05) is 24.3 Å². The van der Waals surface area contributed by atoms with Crippen molar-refractivity contribution >= 4 is 46.0 Å². The van der Waals surface area contributed by atoms with Crippen molar-refractivity contribution < 1.29 is 14.7 Å². The lowest BCUT2D eigenvalue weighted by Crippen LogP contribution is -2.49. The number of nitrogens with one attached hydrogen (secondary N) is 2. The third kappa shape index (κ3) is 5.32. The summed E-state index contributed by atoms with van der Waals surface area (Å²) in [7, 11) is 3.01. The van der Waals surface area contributed by atoms with Crippen LogP contribution in [0, 0.1) is 5.41 Å². The van der Waals surface area contributed by atoms with Crippen molar-refractivity contribution in [3.8, 4) is 22.6 Å². The molecule has 1 aliphatic heterocycles. The van der Waals surface area contributed by atoms with Gasteiger partial charge in [-0.05, 0) is 30.7 Å². The smallest absolute Gasteiger partial charge is 0.141 e. The quantitative estimate of drug-likeness (QED) is 0.139. The first kappa shape index (κ1) is 26.6. The molecule has 4 rings (SSSR count). The number of nitrogen functional groups attached to an aromatic ring is 1. The van der Waals surface area contributed by atoms with Crippen LogP contribution in [0.15, 0.2) is 53.7 Å². The standard InChI is InChI=1S/C27H29Cl2N5O3/c1-15-14-34(11-10-32-15)18-7-4-16(5-8-18)27(33-35)26(31)19-9-6-17(12-20(19)30)23-24(28)21(36-2)13-22(37-3)25(23)29/h4-9,12-13,15,31-32,35H,10-11,14,30H2,1-3H3/b31-26?,33-27+/t15-/m0/s1. The summed E-state index contributed by atoms with van der Waals surface area (Å²) < 4.78 is 10.7. The fourth-order valence-corrected chi connectivity index (χ4v) is 5.18. The Morgan fingerprint density at radius 1 is 1.08 bits per heavy atom. The Morgan fingerprint density at radius 3 is 2.27 bits per heavy atom. The molecule has 5 N–H and O–H groups in total. The minimum Gasteiger partial charge on any atom is -0.495 e. The number of oxime groups is 1. The number of hydrogen-bond acceptors (Lipinski definition) is 8. The van der Waals surface area contributed by atoms with Gasteiger partial charge in [0.2, 0.25) is 0 Å². The van der Waals surface area contributed by atoms with Crippen molar-refractivity contribution in [3.05, 3.63) is 69.7 Å². The Morgan fingerprint density at radius 2 is 1.73 bits per heavy atom. The van der Waals surface area contributed by atoms with Crippen molar-refractivity contribution in [1.82, 2.24) is 5.32 Å². The van der Waals surface area contributed by atoms with Gasteiger partial charge in [0.05, 0.1) is 30.0 Å². The summed E-state index contributed by atoms with van der Waals surface area (Å²) in [6.07, 6.45) is 0. The molecule has 1 saturated heterocycles. The van der Waals surface area contributed by atoms with Gasteiger partial charge in [0.1, 0.15) is 17.2 Å². The molecule has 0 aromatic heterocycles. The van der Waals surface area contributed by atoms with Gasteiger partial charge >= 0.3 is 0 Å². The van der Waals surface area contributed by atoms with Crippen molar-refractivity contribution in [2.45, 2.75) is 13.0 Å². The van der Waals surface area contributed by atoms with E-state index >= 15 is 0 Å². The lowest BCUT2D eigenvalue weighted by Gasteiger charge is -2.33. The van der Waals surface area contributed by atoms with Crippen LogP contribution < -0.4 is 25.4 Å². The fraction of sp³-hybridized carbons (Fsp3) is 0.259. The summed E-state index contributed by atoms with van der Waals surface area (Å²) in [5.41, 5.74) is 9.96. The Balaban J connectivity index is 1.63. The second-order valence-electron chi connectivity index (χ2n) is 8.76. The Labute approximate surface area is 226 Å². The van der Waals surface area contributed by atoms with E-state index in [4.69, 9.17) is 43.8 Å². The van der Waals surface area contributed by atoms with Crippen LogP contribution in [0.4, 0.5) is 11.4 Å². The molecule has 1 heterocycles. The number of nitrogens with zero attached hydrogens (tertiary/aromatic N) is 2. The Hall–Kier alpha value is -3.46. The van der Waals surface area contributed by atoms with Crippen molar-refractivity contribution in [2.75, 3.05) is 44.5 Å². The highest BCUT2D eigenvalue weighted by atomic mass is 35.5. The fourth-order valence-electron chi connectivity index (χ4n) is 4.46. The number of anilines is 2. The van der Waals surface area contributed by atoms with Crippen LogP contribution in [0.2, 0.25) is 10.0 Å². The van der Waals surface area contributed by atoms with Crippen LogP contribution in [0.1, 0.15) is 18.1 Å². The third-order valence-electron chi connectivity index (χ3n) is 6.39. The number of piperazine rings is 1. The van der Waals surface area contributed by atoms with E-state index in [1.54, 1.807) is 24.3 Å². The molecular formula is C27H29Cl2N5O3. The summed E-state index contributed by atoms with van der Waals surface area (Å²) in [5.74, 6) is 0.809.